The third kappa shape index (κ3) is 3.71. The Kier molecular flexibility index (Phi) is 4.93. The minimum atomic E-state index is 0.00744. The summed E-state index contributed by atoms with van der Waals surface area (Å²) >= 11 is 1.40. The first kappa shape index (κ1) is 16.0. The number of morpholine rings is 1. The standard InChI is InChI=1S/C17H20N2O3S/c1-12-16(23-11-18-12)17(20)19-6-7-22-15(10-19)9-13-4-3-5-14(8-13)21-2/h3-5,8,11,15H,6-7,9-10H2,1-2H3/t15-/m1/s1. The Morgan fingerprint density at radius 3 is 3.13 bits per heavy atom. The zero-order chi connectivity index (χ0) is 16.2. The summed E-state index contributed by atoms with van der Waals surface area (Å²) in [7, 11) is 1.66. The molecule has 1 aliphatic rings. The summed E-state index contributed by atoms with van der Waals surface area (Å²) < 4.78 is 11.1. The Balaban J connectivity index is 1.66. The monoisotopic (exact) mass is 332 g/mol. The van der Waals surface area contributed by atoms with E-state index in [1.165, 1.54) is 11.3 Å². The molecule has 1 saturated heterocycles. The lowest BCUT2D eigenvalue weighted by Crippen LogP contribution is -2.46. The second kappa shape index (κ2) is 7.10. The van der Waals surface area contributed by atoms with Gasteiger partial charge in [0.15, 0.2) is 0 Å². The summed E-state index contributed by atoms with van der Waals surface area (Å²) in [5.74, 6) is 0.899. The van der Waals surface area contributed by atoms with Gasteiger partial charge in [0.05, 0.1) is 31.0 Å². The summed E-state index contributed by atoms with van der Waals surface area (Å²) in [5, 5.41) is 0. The Hall–Kier alpha value is -1.92. The average molecular weight is 332 g/mol. The highest BCUT2D eigenvalue weighted by molar-refractivity contribution is 7.11. The number of aryl methyl sites for hydroxylation is 1. The number of methoxy groups -OCH3 is 1. The molecule has 3 rings (SSSR count). The molecule has 122 valence electrons. The van der Waals surface area contributed by atoms with Crippen molar-refractivity contribution in [2.75, 3.05) is 26.8 Å². The summed E-state index contributed by atoms with van der Waals surface area (Å²) in [5.41, 5.74) is 3.67. The predicted octanol–water partition coefficient (Wildman–Crippen LogP) is 2.54. The number of hydrogen-bond acceptors (Lipinski definition) is 5. The summed E-state index contributed by atoms with van der Waals surface area (Å²) in [4.78, 5) is 19.4. The lowest BCUT2D eigenvalue weighted by molar-refractivity contribution is -0.0207. The van der Waals surface area contributed by atoms with Crippen LogP contribution in [0.4, 0.5) is 0 Å². The molecule has 23 heavy (non-hydrogen) atoms. The smallest absolute Gasteiger partial charge is 0.266 e. The maximum atomic E-state index is 12.6. The van der Waals surface area contributed by atoms with Crippen molar-refractivity contribution in [1.29, 1.82) is 0 Å². The van der Waals surface area contributed by atoms with Crippen LogP contribution in [0.3, 0.4) is 0 Å². The fourth-order valence-electron chi connectivity index (χ4n) is 2.74. The zero-order valence-corrected chi connectivity index (χ0v) is 14.1. The number of ether oxygens (including phenoxy) is 2. The SMILES string of the molecule is COc1cccc(C[C@@H]2CN(C(=O)c3scnc3C)CCO2)c1. The highest BCUT2D eigenvalue weighted by Gasteiger charge is 2.27. The number of amides is 1. The number of hydrogen-bond donors (Lipinski definition) is 0. The number of thiazole rings is 1. The largest absolute Gasteiger partial charge is 0.497 e. The minimum absolute atomic E-state index is 0.00744. The zero-order valence-electron chi connectivity index (χ0n) is 13.3. The van der Waals surface area contributed by atoms with Crippen molar-refractivity contribution >= 4 is 17.2 Å². The number of nitrogens with zero attached hydrogens (tertiary/aromatic N) is 2. The van der Waals surface area contributed by atoms with Crippen LogP contribution in [0.2, 0.25) is 0 Å². The van der Waals surface area contributed by atoms with Crippen molar-refractivity contribution in [3.05, 3.63) is 45.9 Å². The molecular weight excluding hydrogens is 312 g/mol. The van der Waals surface area contributed by atoms with Crippen LogP contribution in [-0.2, 0) is 11.2 Å². The van der Waals surface area contributed by atoms with Gasteiger partial charge in [0, 0.05) is 19.5 Å². The van der Waals surface area contributed by atoms with Gasteiger partial charge in [0.25, 0.3) is 5.91 Å². The fraction of sp³-hybridized carbons (Fsp3) is 0.412. The Bertz CT molecular complexity index is 686. The van der Waals surface area contributed by atoms with E-state index < -0.39 is 0 Å². The minimum Gasteiger partial charge on any atom is -0.497 e. The maximum Gasteiger partial charge on any atom is 0.266 e. The van der Waals surface area contributed by atoms with E-state index in [2.05, 4.69) is 11.1 Å². The summed E-state index contributed by atoms with van der Waals surface area (Å²) in [6.45, 7) is 3.67. The van der Waals surface area contributed by atoms with E-state index in [0.29, 0.717) is 19.7 Å². The van der Waals surface area contributed by atoms with E-state index in [0.717, 1.165) is 28.3 Å². The van der Waals surface area contributed by atoms with Crippen LogP contribution in [0.15, 0.2) is 29.8 Å². The molecular formula is C17H20N2O3S. The van der Waals surface area contributed by atoms with Gasteiger partial charge in [0.1, 0.15) is 10.6 Å². The Labute approximate surface area is 139 Å². The van der Waals surface area contributed by atoms with E-state index in [9.17, 15) is 4.79 Å². The van der Waals surface area contributed by atoms with Gasteiger partial charge in [-0.05, 0) is 24.6 Å². The van der Waals surface area contributed by atoms with Crippen molar-refractivity contribution in [3.8, 4) is 5.75 Å². The van der Waals surface area contributed by atoms with Gasteiger partial charge in [-0.15, -0.1) is 11.3 Å². The quantitative estimate of drug-likeness (QED) is 0.863. The summed E-state index contributed by atoms with van der Waals surface area (Å²) in [6, 6.07) is 7.96. The molecule has 1 fully saturated rings. The highest BCUT2D eigenvalue weighted by Crippen LogP contribution is 2.20. The van der Waals surface area contributed by atoms with Crippen LogP contribution in [0, 0.1) is 6.92 Å². The Morgan fingerprint density at radius 1 is 1.52 bits per heavy atom. The van der Waals surface area contributed by atoms with Gasteiger partial charge in [-0.3, -0.25) is 4.79 Å². The van der Waals surface area contributed by atoms with Crippen LogP contribution in [0.25, 0.3) is 0 Å². The van der Waals surface area contributed by atoms with Gasteiger partial charge >= 0.3 is 0 Å². The van der Waals surface area contributed by atoms with E-state index in [1.807, 2.05) is 30.0 Å². The van der Waals surface area contributed by atoms with Crippen molar-refractivity contribution in [1.82, 2.24) is 9.88 Å². The number of carbonyl (C=O) groups excluding carboxylic acids is 1. The maximum absolute atomic E-state index is 12.6. The topological polar surface area (TPSA) is 51.7 Å². The van der Waals surface area contributed by atoms with Gasteiger partial charge in [-0.1, -0.05) is 12.1 Å². The molecule has 0 spiro atoms. The van der Waals surface area contributed by atoms with E-state index in [4.69, 9.17) is 9.47 Å². The first-order valence-electron chi connectivity index (χ1n) is 7.61. The lowest BCUT2D eigenvalue weighted by Gasteiger charge is -2.33. The molecule has 5 nitrogen and oxygen atoms in total. The second-order valence-corrected chi connectivity index (χ2v) is 6.42. The van der Waals surface area contributed by atoms with Gasteiger partial charge in [-0.25, -0.2) is 4.98 Å². The first-order valence-corrected chi connectivity index (χ1v) is 8.49. The molecule has 6 heteroatoms. The molecule has 1 aromatic heterocycles. The van der Waals surface area contributed by atoms with Gasteiger partial charge < -0.3 is 14.4 Å². The van der Waals surface area contributed by atoms with E-state index in [1.54, 1.807) is 12.6 Å². The molecule has 0 unspecified atom stereocenters. The molecule has 1 aromatic carbocycles. The first-order chi connectivity index (χ1) is 11.2. The lowest BCUT2D eigenvalue weighted by atomic mass is 10.1. The van der Waals surface area contributed by atoms with Crippen molar-refractivity contribution in [3.63, 3.8) is 0 Å². The third-order valence-corrected chi connectivity index (χ3v) is 4.88. The highest BCUT2D eigenvalue weighted by atomic mass is 32.1. The molecule has 1 aliphatic heterocycles. The molecule has 1 atom stereocenters. The molecule has 0 radical (unpaired) electrons. The van der Waals surface area contributed by atoms with Crippen LogP contribution in [-0.4, -0.2) is 48.7 Å². The van der Waals surface area contributed by atoms with Crippen LogP contribution >= 0.6 is 11.3 Å². The Morgan fingerprint density at radius 2 is 2.39 bits per heavy atom. The molecule has 0 bridgehead atoms. The molecule has 2 aromatic rings. The molecule has 0 N–H and O–H groups in total. The van der Waals surface area contributed by atoms with E-state index >= 15 is 0 Å². The second-order valence-electron chi connectivity index (χ2n) is 5.57. The predicted molar refractivity (Wildman–Crippen MR) is 89.2 cm³/mol. The summed E-state index contributed by atoms with van der Waals surface area (Å²) in [6.07, 6.45) is 0.774. The van der Waals surface area contributed by atoms with Gasteiger partial charge in [0.2, 0.25) is 0 Å². The number of benzene rings is 1. The van der Waals surface area contributed by atoms with Crippen molar-refractivity contribution < 1.29 is 14.3 Å². The van der Waals surface area contributed by atoms with Crippen molar-refractivity contribution in [2.45, 2.75) is 19.4 Å². The number of aromatic nitrogens is 1. The van der Waals surface area contributed by atoms with Crippen LogP contribution < -0.4 is 4.74 Å². The number of rotatable bonds is 4. The normalized spacial score (nSPS) is 18.0. The number of carbonyl (C=O) groups is 1. The van der Waals surface area contributed by atoms with Gasteiger partial charge in [-0.2, -0.15) is 0 Å². The van der Waals surface area contributed by atoms with Crippen LogP contribution in [0.1, 0.15) is 20.9 Å². The van der Waals surface area contributed by atoms with Crippen LogP contribution in [0.5, 0.6) is 5.75 Å². The van der Waals surface area contributed by atoms with Crippen molar-refractivity contribution in [2.24, 2.45) is 0 Å². The average Bonchev–Trinajstić information content (AvgIpc) is 3.00. The van der Waals surface area contributed by atoms with E-state index in [-0.39, 0.29) is 12.0 Å². The third-order valence-electron chi connectivity index (χ3n) is 3.96. The molecule has 0 aliphatic carbocycles. The molecule has 0 saturated carbocycles. The molecule has 1 amide bonds. The molecule has 2 heterocycles. The fourth-order valence-corrected chi connectivity index (χ4v) is 3.51.